The summed E-state index contributed by atoms with van der Waals surface area (Å²) in [6.07, 6.45) is 4.61. The first-order valence-electron chi connectivity index (χ1n) is 6.54. The molecule has 0 saturated heterocycles. The van der Waals surface area contributed by atoms with Crippen LogP contribution in [0.3, 0.4) is 0 Å². The van der Waals surface area contributed by atoms with Crippen molar-refractivity contribution in [1.29, 1.82) is 5.41 Å². The summed E-state index contributed by atoms with van der Waals surface area (Å²) in [5.41, 5.74) is 3.25. The van der Waals surface area contributed by atoms with Gasteiger partial charge in [0.15, 0.2) is 0 Å². The van der Waals surface area contributed by atoms with Crippen molar-refractivity contribution in [1.82, 2.24) is 0 Å². The fraction of sp³-hybridized carbons (Fsp3) is 0.533. The van der Waals surface area contributed by atoms with Crippen LogP contribution in [0.25, 0.3) is 0 Å². The molecule has 1 saturated carbocycles. The molecule has 0 aliphatic heterocycles. The Morgan fingerprint density at radius 1 is 1.28 bits per heavy atom. The lowest BCUT2D eigenvalue weighted by molar-refractivity contribution is 0.0464. The van der Waals surface area contributed by atoms with E-state index in [1.165, 1.54) is 5.56 Å². The molecule has 0 radical (unpaired) electrons. The van der Waals surface area contributed by atoms with Crippen molar-refractivity contribution in [2.75, 3.05) is 7.11 Å². The number of benzene rings is 1. The van der Waals surface area contributed by atoms with Crippen molar-refractivity contribution in [3.63, 3.8) is 0 Å². The minimum absolute atomic E-state index is 0.00127. The maximum absolute atomic E-state index is 8.56. The Morgan fingerprint density at radius 3 is 2.56 bits per heavy atom. The Balaban J connectivity index is 1.94. The first-order valence-corrected chi connectivity index (χ1v) is 7.46. The van der Waals surface area contributed by atoms with Crippen molar-refractivity contribution in [2.45, 2.75) is 36.6 Å². The molecule has 2 aliphatic rings. The third-order valence-corrected chi connectivity index (χ3v) is 6.01. The fourth-order valence-electron chi connectivity index (χ4n) is 3.48. The third-order valence-electron chi connectivity index (χ3n) is 4.64. The van der Waals surface area contributed by atoms with Crippen molar-refractivity contribution >= 4 is 21.6 Å². The normalized spacial score (nSPS) is 34.9. The largest absolute Gasteiger partial charge is 0.381 e. The zero-order valence-corrected chi connectivity index (χ0v) is 12.2. The van der Waals surface area contributed by atoms with E-state index in [9.17, 15) is 0 Å². The van der Waals surface area contributed by atoms with Crippen LogP contribution in [-0.2, 0) is 4.74 Å². The monoisotopic (exact) mass is 307 g/mol. The highest BCUT2D eigenvalue weighted by molar-refractivity contribution is 9.09. The molecule has 18 heavy (non-hydrogen) atoms. The van der Waals surface area contributed by atoms with Crippen molar-refractivity contribution < 1.29 is 4.74 Å². The van der Waals surface area contributed by atoms with E-state index in [1.54, 1.807) is 7.11 Å². The van der Waals surface area contributed by atoms with Gasteiger partial charge in [0.2, 0.25) is 0 Å². The smallest absolute Gasteiger partial charge is 0.0572 e. The van der Waals surface area contributed by atoms with E-state index in [0.717, 1.165) is 37.0 Å². The molecule has 3 rings (SSSR count). The first-order chi connectivity index (χ1) is 8.69. The lowest BCUT2D eigenvalue weighted by Gasteiger charge is -2.39. The summed E-state index contributed by atoms with van der Waals surface area (Å²) in [6.45, 7) is 0. The number of halogens is 1. The molecule has 0 heterocycles. The number of nitrogens with one attached hydrogen (secondary N) is 1. The molecule has 1 aromatic rings. The molecule has 0 aromatic heterocycles. The number of fused-ring (bicyclic) bond motifs is 1. The van der Waals surface area contributed by atoms with Gasteiger partial charge in [0.1, 0.15) is 0 Å². The molecular weight excluding hydrogens is 290 g/mol. The third kappa shape index (κ3) is 1.60. The SMILES string of the molecule is COC1CCC2(CC1)C(=N)c1ccccc1C2Br. The highest BCUT2D eigenvalue weighted by Gasteiger charge is 2.50. The van der Waals surface area contributed by atoms with E-state index in [-0.39, 0.29) is 5.41 Å². The number of rotatable bonds is 1. The first kappa shape index (κ1) is 12.4. The van der Waals surface area contributed by atoms with E-state index < -0.39 is 0 Å². The zero-order valence-electron chi connectivity index (χ0n) is 10.6. The van der Waals surface area contributed by atoms with Crippen LogP contribution in [0.1, 0.15) is 41.6 Å². The molecule has 3 heteroatoms. The minimum atomic E-state index is -0.00127. The Kier molecular flexibility index (Phi) is 3.07. The maximum Gasteiger partial charge on any atom is 0.0572 e. The van der Waals surface area contributed by atoms with Gasteiger partial charge < -0.3 is 10.1 Å². The van der Waals surface area contributed by atoms with Crippen LogP contribution < -0.4 is 0 Å². The molecule has 1 unspecified atom stereocenters. The second kappa shape index (κ2) is 4.46. The standard InChI is InChI=1S/C15H18BrNO/c1-18-10-6-8-15(9-7-10)13(16)11-4-2-3-5-12(11)14(15)17/h2-5,10,13,17H,6-9H2,1H3. The van der Waals surface area contributed by atoms with Gasteiger partial charge in [-0.05, 0) is 31.2 Å². The Labute approximate surface area is 116 Å². The van der Waals surface area contributed by atoms with Gasteiger partial charge in [-0.2, -0.15) is 0 Å². The summed E-state index contributed by atoms with van der Waals surface area (Å²) >= 11 is 3.86. The Hall–Kier alpha value is -0.670. The summed E-state index contributed by atoms with van der Waals surface area (Å²) in [5, 5.41) is 8.56. The maximum atomic E-state index is 8.56. The molecule has 0 amide bonds. The van der Waals surface area contributed by atoms with Gasteiger partial charge in [0.25, 0.3) is 0 Å². The predicted octanol–water partition coefficient (Wildman–Crippen LogP) is 4.08. The molecule has 1 atom stereocenters. The molecule has 1 spiro atoms. The number of ether oxygens (including phenoxy) is 1. The molecule has 1 fully saturated rings. The van der Waals surface area contributed by atoms with Gasteiger partial charge in [-0.25, -0.2) is 0 Å². The molecule has 1 N–H and O–H groups in total. The number of hydrogen-bond acceptors (Lipinski definition) is 2. The van der Waals surface area contributed by atoms with Crippen LogP contribution in [0, 0.1) is 10.8 Å². The Bertz CT molecular complexity index is 477. The highest BCUT2D eigenvalue weighted by Crippen LogP contribution is 2.57. The lowest BCUT2D eigenvalue weighted by Crippen LogP contribution is -2.36. The van der Waals surface area contributed by atoms with Crippen LogP contribution in [0.5, 0.6) is 0 Å². The van der Waals surface area contributed by atoms with E-state index >= 15 is 0 Å². The molecule has 96 valence electrons. The number of methoxy groups -OCH3 is 1. The van der Waals surface area contributed by atoms with E-state index in [0.29, 0.717) is 10.9 Å². The molecule has 2 nitrogen and oxygen atoms in total. The average Bonchev–Trinajstić information content (AvgIpc) is 2.64. The van der Waals surface area contributed by atoms with Gasteiger partial charge in [0, 0.05) is 23.8 Å². The van der Waals surface area contributed by atoms with Gasteiger partial charge in [0.05, 0.1) is 10.9 Å². The van der Waals surface area contributed by atoms with E-state index in [1.807, 2.05) is 6.07 Å². The van der Waals surface area contributed by atoms with Crippen LogP contribution in [0.15, 0.2) is 24.3 Å². The molecule has 1 aromatic carbocycles. The summed E-state index contributed by atoms with van der Waals surface area (Å²) < 4.78 is 5.46. The summed E-state index contributed by atoms with van der Waals surface area (Å²) in [7, 11) is 1.79. The van der Waals surface area contributed by atoms with Gasteiger partial charge >= 0.3 is 0 Å². The highest BCUT2D eigenvalue weighted by atomic mass is 79.9. The van der Waals surface area contributed by atoms with E-state index in [4.69, 9.17) is 10.1 Å². The van der Waals surface area contributed by atoms with Crippen LogP contribution >= 0.6 is 15.9 Å². The quantitative estimate of drug-likeness (QED) is 0.779. The van der Waals surface area contributed by atoms with Crippen molar-refractivity contribution in [2.24, 2.45) is 5.41 Å². The summed E-state index contributed by atoms with van der Waals surface area (Å²) in [5.74, 6) is 0. The van der Waals surface area contributed by atoms with Crippen LogP contribution in [0.2, 0.25) is 0 Å². The second-order valence-electron chi connectivity index (χ2n) is 5.42. The van der Waals surface area contributed by atoms with Crippen molar-refractivity contribution in [3.05, 3.63) is 35.4 Å². The Morgan fingerprint density at radius 2 is 1.94 bits per heavy atom. The predicted molar refractivity (Wildman–Crippen MR) is 76.6 cm³/mol. The van der Waals surface area contributed by atoms with Crippen LogP contribution in [0.4, 0.5) is 0 Å². The molecular formula is C15H18BrNO. The topological polar surface area (TPSA) is 33.1 Å². The number of hydrogen-bond donors (Lipinski definition) is 1. The average molecular weight is 308 g/mol. The van der Waals surface area contributed by atoms with Crippen molar-refractivity contribution in [3.8, 4) is 0 Å². The molecule has 2 aliphatic carbocycles. The van der Waals surface area contributed by atoms with Gasteiger partial charge in [-0.3, -0.25) is 0 Å². The fourth-order valence-corrected chi connectivity index (χ4v) is 4.57. The lowest BCUT2D eigenvalue weighted by atomic mass is 9.70. The van der Waals surface area contributed by atoms with Gasteiger partial charge in [-0.1, -0.05) is 40.2 Å². The van der Waals surface area contributed by atoms with E-state index in [2.05, 4.69) is 34.1 Å². The van der Waals surface area contributed by atoms with Crippen LogP contribution in [-0.4, -0.2) is 18.9 Å². The minimum Gasteiger partial charge on any atom is -0.381 e. The summed E-state index contributed by atoms with van der Waals surface area (Å²) in [4.78, 5) is 0.298. The number of alkyl halides is 1. The zero-order chi connectivity index (χ0) is 12.8. The molecule has 0 bridgehead atoms. The van der Waals surface area contributed by atoms with Gasteiger partial charge in [-0.15, -0.1) is 0 Å². The second-order valence-corrected chi connectivity index (χ2v) is 6.33. The summed E-state index contributed by atoms with van der Waals surface area (Å²) in [6, 6.07) is 8.34.